The van der Waals surface area contributed by atoms with Gasteiger partial charge in [-0.15, -0.1) is 0 Å². The van der Waals surface area contributed by atoms with Crippen LogP contribution in [0.3, 0.4) is 0 Å². The predicted molar refractivity (Wildman–Crippen MR) is 166 cm³/mol. The van der Waals surface area contributed by atoms with Crippen molar-refractivity contribution in [2.45, 2.75) is 65.0 Å². The highest BCUT2D eigenvalue weighted by atomic mass is 16.5. The van der Waals surface area contributed by atoms with Crippen LogP contribution in [0.4, 0.5) is 10.5 Å². The highest BCUT2D eigenvalue weighted by Gasteiger charge is 2.24. The molecule has 4 rings (SSSR count). The lowest BCUT2D eigenvalue weighted by atomic mass is 9.91. The minimum Gasteiger partial charge on any atom is -0.493 e. The van der Waals surface area contributed by atoms with E-state index in [0.29, 0.717) is 32.4 Å². The Morgan fingerprint density at radius 1 is 1.05 bits per heavy atom. The van der Waals surface area contributed by atoms with Gasteiger partial charge in [0.2, 0.25) is 5.91 Å². The largest absolute Gasteiger partial charge is 0.493 e. The molecule has 0 bridgehead atoms. The van der Waals surface area contributed by atoms with Crippen molar-refractivity contribution in [2.75, 3.05) is 24.6 Å². The van der Waals surface area contributed by atoms with Crippen molar-refractivity contribution in [1.82, 2.24) is 5.32 Å². The summed E-state index contributed by atoms with van der Waals surface area (Å²) in [7, 11) is 0. The maximum Gasteiger partial charge on any atom is 0.407 e. The van der Waals surface area contributed by atoms with Crippen molar-refractivity contribution >= 4 is 23.7 Å². The zero-order valence-electron chi connectivity index (χ0n) is 24.9. The molecule has 0 aliphatic carbocycles. The summed E-state index contributed by atoms with van der Waals surface area (Å²) >= 11 is 0. The topological polar surface area (TPSA) is 131 Å². The monoisotopic (exact) mass is 587 g/mol. The minimum absolute atomic E-state index is 0.0953. The average molecular weight is 588 g/mol. The number of carboxylic acid groups (broad SMARTS) is 1. The molecule has 0 spiro atoms. The van der Waals surface area contributed by atoms with Gasteiger partial charge in [0, 0.05) is 25.2 Å². The number of rotatable bonds is 13. The van der Waals surface area contributed by atoms with E-state index in [1.165, 1.54) is 5.56 Å². The Balaban J connectivity index is 1.33. The predicted octanol–water partition coefficient (Wildman–Crippen LogP) is 5.53. The summed E-state index contributed by atoms with van der Waals surface area (Å²) in [5.41, 5.74) is 12.8. The number of amides is 2. The number of hydrogen-bond acceptors (Lipinski definition) is 6. The quantitative estimate of drug-likeness (QED) is 0.224. The standard InChI is InChI=1S/C34H41N3O6/c1-23-9-3-16-31(24(23)2)42-20-8-17-32(38)37-19-7-13-28-27(12-5-15-30(28)37)26-11-4-10-25(21-26)22-43-34(41)36-18-6-14-29(35)33(39)40/h3-5,9-12,15-16,21,29H,6-8,13-14,17-20,22,35H2,1-2H3,(H,36,41)(H,39,40). The number of nitrogens with zero attached hydrogens (tertiary/aromatic N) is 1. The first-order valence-corrected chi connectivity index (χ1v) is 14.8. The first kappa shape index (κ1) is 31.6. The second kappa shape index (κ2) is 15.2. The fraction of sp³-hybridized carbons (Fsp3) is 0.382. The summed E-state index contributed by atoms with van der Waals surface area (Å²) < 4.78 is 11.3. The van der Waals surface area contributed by atoms with E-state index in [0.717, 1.165) is 52.1 Å². The van der Waals surface area contributed by atoms with Crippen LogP contribution in [0, 0.1) is 13.8 Å². The molecule has 2 amide bonds. The van der Waals surface area contributed by atoms with E-state index in [9.17, 15) is 14.4 Å². The number of hydrogen-bond donors (Lipinski definition) is 3. The van der Waals surface area contributed by atoms with E-state index < -0.39 is 18.1 Å². The number of ether oxygens (including phenoxy) is 2. The molecule has 43 heavy (non-hydrogen) atoms. The number of fused-ring (bicyclic) bond motifs is 1. The molecule has 0 radical (unpaired) electrons. The molecular weight excluding hydrogens is 546 g/mol. The molecule has 228 valence electrons. The smallest absolute Gasteiger partial charge is 0.407 e. The fourth-order valence-corrected chi connectivity index (χ4v) is 5.24. The van der Waals surface area contributed by atoms with Gasteiger partial charge in [-0.05, 0) is 97.5 Å². The van der Waals surface area contributed by atoms with E-state index in [-0.39, 0.29) is 25.5 Å². The molecule has 3 aromatic rings. The Morgan fingerprint density at radius 2 is 1.84 bits per heavy atom. The number of carbonyl (C=O) groups excluding carboxylic acids is 2. The lowest BCUT2D eigenvalue weighted by Gasteiger charge is -2.31. The molecular formula is C34H41N3O6. The third kappa shape index (κ3) is 8.58. The van der Waals surface area contributed by atoms with Gasteiger partial charge in [0.15, 0.2) is 0 Å². The van der Waals surface area contributed by atoms with Gasteiger partial charge in [0.1, 0.15) is 18.4 Å². The Morgan fingerprint density at radius 3 is 2.65 bits per heavy atom. The SMILES string of the molecule is Cc1cccc(OCCCC(=O)N2CCCc3c(-c4cccc(COC(=O)NCCCC(N)C(=O)O)c4)cccc32)c1C. The van der Waals surface area contributed by atoms with E-state index in [1.54, 1.807) is 0 Å². The maximum absolute atomic E-state index is 13.3. The molecule has 3 aromatic carbocycles. The Bertz CT molecular complexity index is 1440. The number of alkyl carbamates (subject to hydrolysis) is 1. The fourth-order valence-electron chi connectivity index (χ4n) is 5.24. The van der Waals surface area contributed by atoms with Gasteiger partial charge in [-0.3, -0.25) is 9.59 Å². The van der Waals surface area contributed by atoms with Crippen LogP contribution < -0.4 is 20.7 Å². The highest BCUT2D eigenvalue weighted by molar-refractivity contribution is 5.96. The second-order valence-corrected chi connectivity index (χ2v) is 10.9. The molecule has 4 N–H and O–H groups in total. The van der Waals surface area contributed by atoms with Crippen molar-refractivity contribution < 1.29 is 29.0 Å². The van der Waals surface area contributed by atoms with Crippen LogP contribution in [0.25, 0.3) is 11.1 Å². The van der Waals surface area contributed by atoms with Crippen molar-refractivity contribution in [3.8, 4) is 16.9 Å². The molecule has 1 unspecified atom stereocenters. The van der Waals surface area contributed by atoms with Crippen molar-refractivity contribution in [3.05, 3.63) is 82.9 Å². The van der Waals surface area contributed by atoms with Crippen molar-refractivity contribution in [3.63, 3.8) is 0 Å². The molecule has 0 fully saturated rings. The van der Waals surface area contributed by atoms with Gasteiger partial charge in [0.25, 0.3) is 0 Å². The first-order chi connectivity index (χ1) is 20.7. The third-order valence-electron chi connectivity index (χ3n) is 7.79. The summed E-state index contributed by atoms with van der Waals surface area (Å²) in [6.45, 7) is 5.67. The van der Waals surface area contributed by atoms with E-state index >= 15 is 0 Å². The van der Waals surface area contributed by atoms with Gasteiger partial charge in [-0.2, -0.15) is 0 Å². The number of benzene rings is 3. The molecule has 9 heteroatoms. The Hall–Kier alpha value is -4.37. The molecule has 9 nitrogen and oxygen atoms in total. The Labute approximate surface area is 253 Å². The Kier molecular flexibility index (Phi) is 11.2. The van der Waals surface area contributed by atoms with Crippen LogP contribution in [0.2, 0.25) is 0 Å². The first-order valence-electron chi connectivity index (χ1n) is 14.8. The second-order valence-electron chi connectivity index (χ2n) is 10.9. The van der Waals surface area contributed by atoms with E-state index in [1.807, 2.05) is 60.4 Å². The van der Waals surface area contributed by atoms with Gasteiger partial charge in [0.05, 0.1) is 6.61 Å². The molecule has 0 aromatic heterocycles. The molecule has 0 saturated carbocycles. The third-order valence-corrected chi connectivity index (χ3v) is 7.79. The van der Waals surface area contributed by atoms with Gasteiger partial charge in [-0.25, -0.2) is 4.79 Å². The minimum atomic E-state index is -1.06. The molecule has 0 saturated heterocycles. The number of aryl methyl sites for hydroxylation is 1. The number of carbonyl (C=O) groups is 3. The van der Waals surface area contributed by atoms with E-state index in [4.69, 9.17) is 20.3 Å². The number of nitrogens with one attached hydrogen (secondary N) is 1. The highest BCUT2D eigenvalue weighted by Crippen LogP contribution is 2.36. The van der Waals surface area contributed by atoms with Crippen LogP contribution in [0.15, 0.2) is 60.7 Å². The summed E-state index contributed by atoms with van der Waals surface area (Å²) in [5, 5.41) is 11.5. The molecule has 1 aliphatic rings. The maximum atomic E-state index is 13.3. The zero-order chi connectivity index (χ0) is 30.8. The number of nitrogens with two attached hydrogens (primary N) is 1. The van der Waals surface area contributed by atoms with Crippen LogP contribution in [0.5, 0.6) is 5.75 Å². The van der Waals surface area contributed by atoms with Crippen molar-refractivity contribution in [1.29, 1.82) is 0 Å². The van der Waals surface area contributed by atoms with Crippen LogP contribution in [0.1, 0.15) is 54.4 Å². The van der Waals surface area contributed by atoms with Gasteiger partial charge in [-0.1, -0.05) is 42.5 Å². The molecule has 1 heterocycles. The average Bonchev–Trinajstić information content (AvgIpc) is 3.01. The normalized spacial score (nSPS) is 13.1. The van der Waals surface area contributed by atoms with Crippen LogP contribution in [-0.2, 0) is 27.4 Å². The number of aliphatic carboxylic acids is 1. The van der Waals surface area contributed by atoms with E-state index in [2.05, 4.69) is 24.4 Å². The lowest BCUT2D eigenvalue weighted by molar-refractivity contribution is -0.138. The number of anilines is 1. The van der Waals surface area contributed by atoms with Crippen LogP contribution in [-0.4, -0.2) is 48.8 Å². The summed E-state index contributed by atoms with van der Waals surface area (Å²) in [4.78, 5) is 38.1. The summed E-state index contributed by atoms with van der Waals surface area (Å²) in [5.74, 6) is -0.0937. The van der Waals surface area contributed by atoms with Crippen molar-refractivity contribution in [2.24, 2.45) is 5.73 Å². The zero-order valence-corrected chi connectivity index (χ0v) is 24.9. The lowest BCUT2D eigenvalue weighted by Crippen LogP contribution is -2.35. The molecule has 1 aliphatic heterocycles. The summed E-state index contributed by atoms with van der Waals surface area (Å²) in [6, 6.07) is 19.0. The van der Waals surface area contributed by atoms with Gasteiger partial charge < -0.3 is 30.5 Å². The van der Waals surface area contributed by atoms with Crippen LogP contribution >= 0.6 is 0 Å². The van der Waals surface area contributed by atoms with Gasteiger partial charge >= 0.3 is 12.1 Å². The summed E-state index contributed by atoms with van der Waals surface area (Å²) in [6.07, 6.45) is 2.95. The number of carboxylic acids is 1. The molecule has 1 atom stereocenters.